The molecule has 0 bridgehead atoms. The first-order valence-electron chi connectivity index (χ1n) is 6.91. The Morgan fingerprint density at radius 1 is 1.25 bits per heavy atom. The van der Waals surface area contributed by atoms with Crippen molar-refractivity contribution in [2.45, 2.75) is 18.2 Å². The zero-order chi connectivity index (χ0) is 13.9. The first kappa shape index (κ1) is 13.5. The Hall–Kier alpha value is -1.48. The van der Waals surface area contributed by atoms with Gasteiger partial charge in [0.15, 0.2) is 0 Å². The number of alkyl halides is 1. The second-order valence-corrected chi connectivity index (χ2v) is 5.71. The van der Waals surface area contributed by atoms with E-state index in [9.17, 15) is 0 Å². The molecule has 0 fully saturated rings. The molecule has 1 heterocycles. The smallest absolute Gasteiger partial charge is 0.123 e. The number of para-hydroxylation sites is 1. The van der Waals surface area contributed by atoms with Gasteiger partial charge in [-0.05, 0) is 30.2 Å². The van der Waals surface area contributed by atoms with Gasteiger partial charge in [-0.15, -0.1) is 0 Å². The Morgan fingerprint density at radius 2 is 2.10 bits per heavy atom. The second kappa shape index (κ2) is 5.88. The van der Waals surface area contributed by atoms with Crippen molar-refractivity contribution >= 4 is 15.9 Å². The van der Waals surface area contributed by atoms with Crippen molar-refractivity contribution in [2.24, 2.45) is 0 Å². The third kappa shape index (κ3) is 2.55. The average Bonchev–Trinajstić information content (AvgIpc) is 2.95. The highest BCUT2D eigenvalue weighted by atomic mass is 79.9. The second-order valence-electron chi connectivity index (χ2n) is 4.80. The molecule has 2 aromatic rings. The lowest BCUT2D eigenvalue weighted by molar-refractivity contribution is 0.337. The fourth-order valence-corrected chi connectivity index (χ4v) is 3.18. The van der Waals surface area contributed by atoms with Crippen molar-refractivity contribution in [1.82, 2.24) is 0 Å². The zero-order valence-corrected chi connectivity index (χ0v) is 13.0. The van der Waals surface area contributed by atoms with Gasteiger partial charge in [0.05, 0.1) is 18.0 Å². The summed E-state index contributed by atoms with van der Waals surface area (Å²) in [4.78, 5) is 0.135. The van der Waals surface area contributed by atoms with Crippen LogP contribution in [0.2, 0.25) is 0 Å². The maximum absolute atomic E-state index is 5.72. The molecular weight excluding hydrogens is 316 g/mol. The predicted molar refractivity (Wildman–Crippen MR) is 84.0 cm³/mol. The van der Waals surface area contributed by atoms with Crippen LogP contribution in [-0.2, 0) is 6.42 Å². The van der Waals surface area contributed by atoms with Gasteiger partial charge in [-0.2, -0.15) is 0 Å². The van der Waals surface area contributed by atoms with E-state index in [0.717, 1.165) is 30.1 Å². The highest BCUT2D eigenvalue weighted by Gasteiger charge is 2.18. The van der Waals surface area contributed by atoms with Crippen LogP contribution in [-0.4, -0.2) is 13.2 Å². The van der Waals surface area contributed by atoms with E-state index in [4.69, 9.17) is 9.47 Å². The molecule has 0 aromatic heterocycles. The minimum absolute atomic E-state index is 0.135. The van der Waals surface area contributed by atoms with Crippen molar-refractivity contribution < 1.29 is 9.47 Å². The van der Waals surface area contributed by atoms with E-state index in [-0.39, 0.29) is 4.83 Å². The van der Waals surface area contributed by atoms with E-state index in [2.05, 4.69) is 40.2 Å². The predicted octanol–water partition coefficient (Wildman–Crippen LogP) is 4.50. The summed E-state index contributed by atoms with van der Waals surface area (Å²) in [6.07, 6.45) is 0.996. The molecule has 0 amide bonds. The summed E-state index contributed by atoms with van der Waals surface area (Å²) in [6, 6.07) is 14.6. The maximum Gasteiger partial charge on any atom is 0.123 e. The minimum atomic E-state index is 0.135. The molecule has 1 aliphatic rings. The minimum Gasteiger partial charge on any atom is -0.494 e. The molecule has 2 aromatic carbocycles. The van der Waals surface area contributed by atoms with Crippen LogP contribution in [0.15, 0.2) is 42.5 Å². The number of hydrogen-bond acceptors (Lipinski definition) is 2. The van der Waals surface area contributed by atoms with Crippen molar-refractivity contribution in [2.75, 3.05) is 13.2 Å². The molecule has 20 heavy (non-hydrogen) atoms. The van der Waals surface area contributed by atoms with E-state index in [1.807, 2.05) is 25.1 Å². The average molecular weight is 333 g/mol. The Bertz CT molecular complexity index is 610. The Kier molecular flexibility index (Phi) is 3.97. The van der Waals surface area contributed by atoms with Gasteiger partial charge in [0.1, 0.15) is 11.5 Å². The lowest BCUT2D eigenvalue weighted by Gasteiger charge is -2.16. The molecule has 3 heteroatoms. The fraction of sp³-hybridized carbons (Fsp3) is 0.294. The van der Waals surface area contributed by atoms with Crippen molar-refractivity contribution in [3.05, 3.63) is 59.2 Å². The number of rotatable bonds is 4. The fourth-order valence-electron chi connectivity index (χ4n) is 2.52. The molecule has 0 spiro atoms. The molecule has 0 saturated carbocycles. The Labute approximate surface area is 127 Å². The first-order valence-corrected chi connectivity index (χ1v) is 7.82. The van der Waals surface area contributed by atoms with Crippen LogP contribution >= 0.6 is 15.9 Å². The van der Waals surface area contributed by atoms with Gasteiger partial charge in [-0.1, -0.05) is 46.3 Å². The van der Waals surface area contributed by atoms with Crippen LogP contribution in [0.4, 0.5) is 0 Å². The zero-order valence-electron chi connectivity index (χ0n) is 11.4. The maximum atomic E-state index is 5.72. The number of halogens is 1. The van der Waals surface area contributed by atoms with E-state index in [0.29, 0.717) is 6.61 Å². The van der Waals surface area contributed by atoms with E-state index < -0.39 is 0 Å². The van der Waals surface area contributed by atoms with Crippen LogP contribution in [0.3, 0.4) is 0 Å². The summed E-state index contributed by atoms with van der Waals surface area (Å²) in [5.74, 6) is 1.96. The summed E-state index contributed by atoms with van der Waals surface area (Å²) in [6.45, 7) is 3.47. The molecule has 1 aliphatic heterocycles. The van der Waals surface area contributed by atoms with Gasteiger partial charge in [0.25, 0.3) is 0 Å². The molecule has 1 atom stereocenters. The molecule has 2 nitrogen and oxygen atoms in total. The van der Waals surface area contributed by atoms with Crippen LogP contribution in [0.25, 0.3) is 0 Å². The summed E-state index contributed by atoms with van der Waals surface area (Å²) >= 11 is 3.80. The molecule has 0 N–H and O–H groups in total. The van der Waals surface area contributed by atoms with Gasteiger partial charge < -0.3 is 9.47 Å². The van der Waals surface area contributed by atoms with Gasteiger partial charge in [-0.25, -0.2) is 0 Å². The first-order chi connectivity index (χ1) is 9.79. The highest BCUT2D eigenvalue weighted by Crippen LogP contribution is 2.38. The largest absolute Gasteiger partial charge is 0.494 e. The van der Waals surface area contributed by atoms with Crippen LogP contribution < -0.4 is 9.47 Å². The molecule has 0 aliphatic carbocycles. The molecule has 104 valence electrons. The van der Waals surface area contributed by atoms with Gasteiger partial charge in [0, 0.05) is 12.0 Å². The van der Waals surface area contributed by atoms with Crippen molar-refractivity contribution in [3.63, 3.8) is 0 Å². The topological polar surface area (TPSA) is 18.5 Å². The number of ether oxygens (including phenoxy) is 2. The molecule has 0 saturated heterocycles. The number of benzene rings is 2. The van der Waals surface area contributed by atoms with Crippen LogP contribution in [0, 0.1) is 0 Å². The SMILES string of the molecule is CCOc1ccccc1C(Br)c1ccc2c(c1)CCO2. The van der Waals surface area contributed by atoms with Crippen LogP contribution in [0.5, 0.6) is 11.5 Å². The molecule has 3 rings (SSSR count). The van der Waals surface area contributed by atoms with E-state index >= 15 is 0 Å². The summed E-state index contributed by atoms with van der Waals surface area (Å²) in [5, 5.41) is 0. The Morgan fingerprint density at radius 3 is 2.95 bits per heavy atom. The van der Waals surface area contributed by atoms with E-state index in [1.165, 1.54) is 11.1 Å². The third-order valence-electron chi connectivity index (χ3n) is 3.50. The monoisotopic (exact) mass is 332 g/mol. The lowest BCUT2D eigenvalue weighted by Crippen LogP contribution is -2.00. The highest BCUT2D eigenvalue weighted by molar-refractivity contribution is 9.09. The van der Waals surface area contributed by atoms with Crippen molar-refractivity contribution in [3.8, 4) is 11.5 Å². The Balaban J connectivity index is 1.94. The van der Waals surface area contributed by atoms with Crippen molar-refractivity contribution in [1.29, 1.82) is 0 Å². The quantitative estimate of drug-likeness (QED) is 0.767. The standard InChI is InChI=1S/C17H17BrO2/c1-2-19-16-6-4-3-5-14(16)17(18)13-7-8-15-12(11-13)9-10-20-15/h3-8,11,17H,2,9-10H2,1H3. The number of fused-ring (bicyclic) bond motifs is 1. The third-order valence-corrected chi connectivity index (χ3v) is 4.52. The summed E-state index contributed by atoms with van der Waals surface area (Å²) in [7, 11) is 0. The van der Waals surface area contributed by atoms with Gasteiger partial charge in [0.2, 0.25) is 0 Å². The molecule has 0 radical (unpaired) electrons. The normalized spacial score (nSPS) is 14.5. The summed E-state index contributed by atoms with van der Waals surface area (Å²) in [5.41, 5.74) is 3.69. The van der Waals surface area contributed by atoms with E-state index in [1.54, 1.807) is 0 Å². The molecular formula is C17H17BrO2. The van der Waals surface area contributed by atoms with Crippen LogP contribution in [0.1, 0.15) is 28.4 Å². The summed E-state index contributed by atoms with van der Waals surface area (Å²) < 4.78 is 11.3. The lowest BCUT2D eigenvalue weighted by atomic mass is 10.0. The number of hydrogen-bond donors (Lipinski definition) is 0. The molecule has 1 unspecified atom stereocenters. The van der Waals surface area contributed by atoms with Gasteiger partial charge >= 0.3 is 0 Å². The van der Waals surface area contributed by atoms with Gasteiger partial charge in [-0.3, -0.25) is 0 Å².